The van der Waals surface area contributed by atoms with Gasteiger partial charge in [0.25, 0.3) is 0 Å². The summed E-state index contributed by atoms with van der Waals surface area (Å²) < 4.78 is 27.5. The molecule has 6 nitrogen and oxygen atoms in total. The molecule has 0 aliphatic carbocycles. The van der Waals surface area contributed by atoms with Crippen molar-refractivity contribution < 1.29 is 23.7 Å². The molecule has 0 unspecified atom stereocenters. The van der Waals surface area contributed by atoms with Gasteiger partial charge in [0.15, 0.2) is 0 Å². The van der Waals surface area contributed by atoms with E-state index in [4.69, 9.17) is 48.5 Å². The van der Waals surface area contributed by atoms with Crippen molar-refractivity contribution in [2.45, 2.75) is 0 Å². The average Bonchev–Trinajstić information content (AvgIpc) is 2.47. The molecule has 0 saturated carbocycles. The standard InChI is InChI=1S/C13H25NO5S2/c20-13(21)14-1-3-15-5-7-17-9-11-19-12-10-18-8-6-16-4-2-14/h1-12H2,(H,20,21)/p-1. The highest BCUT2D eigenvalue weighted by atomic mass is 32.1. The van der Waals surface area contributed by atoms with Crippen molar-refractivity contribution in [3.8, 4) is 0 Å². The molecule has 1 fully saturated rings. The van der Waals surface area contributed by atoms with Gasteiger partial charge in [-0.05, 0) is 0 Å². The van der Waals surface area contributed by atoms with Gasteiger partial charge in [0.2, 0.25) is 0 Å². The second kappa shape index (κ2) is 13.6. The number of ether oxygens (including phenoxy) is 5. The lowest BCUT2D eigenvalue weighted by atomic mass is 10.5. The van der Waals surface area contributed by atoms with E-state index in [9.17, 15) is 0 Å². The fourth-order valence-electron chi connectivity index (χ4n) is 1.63. The summed E-state index contributed by atoms with van der Waals surface area (Å²) in [6.45, 7) is 6.97. The quantitative estimate of drug-likeness (QED) is 0.459. The Kier molecular flexibility index (Phi) is 12.2. The topological polar surface area (TPSA) is 49.4 Å². The first-order valence-corrected chi connectivity index (χ1v) is 7.97. The first kappa shape index (κ1) is 19.0. The van der Waals surface area contributed by atoms with Crippen molar-refractivity contribution in [1.82, 2.24) is 4.90 Å². The van der Waals surface area contributed by atoms with Crippen LogP contribution in [0.25, 0.3) is 0 Å². The maximum atomic E-state index is 5.49. The SMILES string of the molecule is S=C([S-])N1CCOCCOCCOCCOCCOCC1. The minimum absolute atomic E-state index is 0.446. The van der Waals surface area contributed by atoms with E-state index in [0.29, 0.717) is 83.5 Å². The van der Waals surface area contributed by atoms with Crippen LogP contribution in [-0.4, -0.2) is 88.4 Å². The Labute approximate surface area is 137 Å². The third kappa shape index (κ3) is 11.2. The molecule has 0 aromatic rings. The fraction of sp³-hybridized carbons (Fsp3) is 0.923. The molecule has 1 aliphatic rings. The molecule has 1 aliphatic heterocycles. The van der Waals surface area contributed by atoms with Crippen LogP contribution in [0.1, 0.15) is 0 Å². The van der Waals surface area contributed by atoms with Gasteiger partial charge in [-0.2, -0.15) is 0 Å². The van der Waals surface area contributed by atoms with Gasteiger partial charge in [0.05, 0.1) is 66.1 Å². The highest BCUT2D eigenvalue weighted by Gasteiger charge is 2.02. The molecular weight excluding hydrogens is 314 g/mol. The van der Waals surface area contributed by atoms with Crippen LogP contribution in [0.15, 0.2) is 0 Å². The second-order valence-electron chi connectivity index (χ2n) is 4.31. The van der Waals surface area contributed by atoms with Gasteiger partial charge < -0.3 is 53.4 Å². The number of hydrogen-bond acceptors (Lipinski definition) is 7. The van der Waals surface area contributed by atoms with Crippen LogP contribution in [-0.2, 0) is 36.3 Å². The van der Waals surface area contributed by atoms with Crippen LogP contribution in [0.5, 0.6) is 0 Å². The van der Waals surface area contributed by atoms with Gasteiger partial charge in [-0.3, -0.25) is 0 Å². The lowest BCUT2D eigenvalue weighted by molar-refractivity contribution is -0.0154. The van der Waals surface area contributed by atoms with E-state index in [2.05, 4.69) is 0 Å². The molecule has 0 amide bonds. The molecule has 0 aromatic carbocycles. The zero-order valence-corrected chi connectivity index (χ0v) is 13.9. The summed E-state index contributed by atoms with van der Waals surface area (Å²) in [5, 5.41) is 0. The zero-order valence-electron chi connectivity index (χ0n) is 12.3. The Hall–Kier alpha value is -0.0900. The highest BCUT2D eigenvalue weighted by Crippen LogP contribution is 1.93. The third-order valence-corrected chi connectivity index (χ3v) is 3.27. The molecule has 1 saturated heterocycles. The summed E-state index contributed by atoms with van der Waals surface area (Å²) in [5.41, 5.74) is 0. The number of hydrogen-bond donors (Lipinski definition) is 0. The molecule has 1 rings (SSSR count). The summed E-state index contributed by atoms with van der Waals surface area (Å²) in [7, 11) is 0. The van der Waals surface area contributed by atoms with E-state index in [0.717, 1.165) is 0 Å². The van der Waals surface area contributed by atoms with Crippen molar-refractivity contribution in [2.24, 2.45) is 0 Å². The average molecular weight is 338 g/mol. The van der Waals surface area contributed by atoms with Crippen molar-refractivity contribution in [1.29, 1.82) is 0 Å². The smallest absolute Gasteiger partial charge is 0.0701 e. The Morgan fingerprint density at radius 3 is 1.19 bits per heavy atom. The van der Waals surface area contributed by atoms with E-state index in [1.807, 2.05) is 4.90 Å². The lowest BCUT2D eigenvalue weighted by Gasteiger charge is -2.28. The van der Waals surface area contributed by atoms with Crippen LogP contribution in [0.4, 0.5) is 0 Å². The van der Waals surface area contributed by atoms with Gasteiger partial charge in [-0.15, -0.1) is 0 Å². The monoisotopic (exact) mass is 338 g/mol. The minimum Gasteiger partial charge on any atom is -0.411 e. The molecule has 124 valence electrons. The van der Waals surface area contributed by atoms with Gasteiger partial charge in [-0.25, -0.2) is 0 Å². The second-order valence-corrected chi connectivity index (χ2v) is 5.35. The molecule has 0 atom stereocenters. The number of nitrogens with zero attached hydrogens (tertiary/aromatic N) is 1. The summed E-state index contributed by atoms with van der Waals surface area (Å²) >= 11 is 10.1. The van der Waals surface area contributed by atoms with E-state index in [1.165, 1.54) is 0 Å². The summed E-state index contributed by atoms with van der Waals surface area (Å²) in [6.07, 6.45) is 0. The molecule has 21 heavy (non-hydrogen) atoms. The van der Waals surface area contributed by atoms with Gasteiger partial charge >= 0.3 is 0 Å². The summed E-state index contributed by atoms with van der Waals surface area (Å²) in [5.74, 6) is 0. The van der Waals surface area contributed by atoms with Crippen molar-refractivity contribution in [3.63, 3.8) is 0 Å². The molecule has 1 heterocycles. The molecule has 0 spiro atoms. The Morgan fingerprint density at radius 2 is 0.905 bits per heavy atom. The predicted molar refractivity (Wildman–Crippen MR) is 85.6 cm³/mol. The van der Waals surface area contributed by atoms with Crippen LogP contribution in [0.2, 0.25) is 0 Å². The van der Waals surface area contributed by atoms with E-state index in [1.54, 1.807) is 0 Å². The summed E-state index contributed by atoms with van der Waals surface area (Å²) in [4.78, 5) is 1.91. The predicted octanol–water partition coefficient (Wildman–Crippen LogP) is 0.217. The third-order valence-electron chi connectivity index (χ3n) is 2.76. The molecule has 0 N–H and O–H groups in total. The number of thiocarbonyl (C=S) groups is 1. The Balaban J connectivity index is 2.23. The van der Waals surface area contributed by atoms with Crippen molar-refractivity contribution >= 4 is 29.2 Å². The van der Waals surface area contributed by atoms with Crippen LogP contribution in [0, 0.1) is 0 Å². The molecular formula is C13H24NO5S2-. The van der Waals surface area contributed by atoms with Crippen LogP contribution < -0.4 is 0 Å². The first-order valence-electron chi connectivity index (χ1n) is 7.15. The fourth-order valence-corrected chi connectivity index (χ4v) is 1.99. The molecule has 8 heteroatoms. The zero-order chi connectivity index (χ0) is 15.2. The van der Waals surface area contributed by atoms with E-state index in [-0.39, 0.29) is 0 Å². The van der Waals surface area contributed by atoms with Gasteiger partial charge in [0, 0.05) is 13.1 Å². The maximum absolute atomic E-state index is 5.49. The van der Waals surface area contributed by atoms with Gasteiger partial charge in [-0.1, -0.05) is 4.32 Å². The Morgan fingerprint density at radius 1 is 0.619 bits per heavy atom. The highest BCUT2D eigenvalue weighted by molar-refractivity contribution is 8.00. The molecule has 0 aromatic heterocycles. The first-order chi connectivity index (χ1) is 10.3. The van der Waals surface area contributed by atoms with E-state index >= 15 is 0 Å². The lowest BCUT2D eigenvalue weighted by Crippen LogP contribution is -2.34. The van der Waals surface area contributed by atoms with E-state index < -0.39 is 0 Å². The van der Waals surface area contributed by atoms with Crippen molar-refractivity contribution in [2.75, 3.05) is 79.2 Å². The Bertz CT molecular complexity index is 253. The molecule has 0 bridgehead atoms. The largest absolute Gasteiger partial charge is 0.411 e. The number of rotatable bonds is 0. The van der Waals surface area contributed by atoms with Crippen LogP contribution >= 0.6 is 12.2 Å². The van der Waals surface area contributed by atoms with Crippen LogP contribution in [0.3, 0.4) is 0 Å². The van der Waals surface area contributed by atoms with Gasteiger partial charge in [0.1, 0.15) is 0 Å². The minimum atomic E-state index is 0.446. The molecule has 0 radical (unpaired) electrons. The summed E-state index contributed by atoms with van der Waals surface area (Å²) in [6, 6.07) is 0. The van der Waals surface area contributed by atoms with Crippen molar-refractivity contribution in [3.05, 3.63) is 0 Å². The normalized spacial score (nSPS) is 22.2. The maximum Gasteiger partial charge on any atom is 0.0701 e.